The number of rotatable bonds is 3. The fraction of sp³-hybridized carbons (Fsp3) is 0.600. The van der Waals surface area contributed by atoms with E-state index < -0.39 is 11.4 Å². The fourth-order valence-corrected chi connectivity index (χ4v) is 3.80. The van der Waals surface area contributed by atoms with E-state index in [9.17, 15) is 9.90 Å². The van der Waals surface area contributed by atoms with Crippen molar-refractivity contribution < 1.29 is 9.90 Å². The van der Waals surface area contributed by atoms with E-state index in [2.05, 4.69) is 16.8 Å². The molecular weight excluding hydrogens is 240 g/mol. The van der Waals surface area contributed by atoms with Gasteiger partial charge in [0.2, 0.25) is 0 Å². The molecule has 0 aromatic carbocycles. The minimum atomic E-state index is -0.597. The Morgan fingerprint density at radius 3 is 3.16 bits per heavy atom. The number of carboxylic acid groups (broad SMARTS) is 1. The Morgan fingerprint density at radius 1 is 1.58 bits per heavy atom. The molecule has 1 saturated carbocycles. The largest absolute Gasteiger partial charge is 0.481 e. The molecule has 1 N–H and O–H groups in total. The number of fused-ring (bicyclic) bond motifs is 1. The zero-order valence-electron chi connectivity index (χ0n) is 11.3. The van der Waals surface area contributed by atoms with Gasteiger partial charge in [-0.05, 0) is 49.9 Å². The van der Waals surface area contributed by atoms with Crippen LogP contribution in [-0.2, 0) is 11.3 Å². The lowest BCUT2D eigenvalue weighted by Crippen LogP contribution is -2.40. The van der Waals surface area contributed by atoms with Crippen molar-refractivity contribution in [3.05, 3.63) is 29.6 Å². The molecule has 2 heterocycles. The van der Waals surface area contributed by atoms with Crippen LogP contribution in [0.1, 0.15) is 36.8 Å². The molecule has 0 bridgehead atoms. The number of pyridine rings is 1. The van der Waals surface area contributed by atoms with Crippen LogP contribution in [0.2, 0.25) is 0 Å². The van der Waals surface area contributed by atoms with E-state index >= 15 is 0 Å². The Labute approximate surface area is 113 Å². The van der Waals surface area contributed by atoms with Gasteiger partial charge in [0.05, 0.1) is 5.41 Å². The molecule has 4 nitrogen and oxygen atoms in total. The van der Waals surface area contributed by atoms with Crippen molar-refractivity contribution in [2.75, 3.05) is 6.54 Å². The van der Waals surface area contributed by atoms with Crippen molar-refractivity contribution in [3.63, 3.8) is 0 Å². The highest BCUT2D eigenvalue weighted by Crippen LogP contribution is 2.49. The van der Waals surface area contributed by atoms with Crippen LogP contribution in [0.3, 0.4) is 0 Å². The van der Waals surface area contributed by atoms with Crippen molar-refractivity contribution in [1.82, 2.24) is 9.88 Å². The average Bonchev–Trinajstić information content (AvgIpc) is 2.93. The van der Waals surface area contributed by atoms with Gasteiger partial charge in [-0.2, -0.15) is 0 Å². The number of aryl methyl sites for hydroxylation is 1. The monoisotopic (exact) mass is 260 g/mol. The molecule has 1 aliphatic carbocycles. The van der Waals surface area contributed by atoms with Gasteiger partial charge in [0.15, 0.2) is 0 Å². The van der Waals surface area contributed by atoms with Gasteiger partial charge < -0.3 is 5.11 Å². The first-order valence-electron chi connectivity index (χ1n) is 7.00. The van der Waals surface area contributed by atoms with Crippen LogP contribution in [0.25, 0.3) is 0 Å². The number of aromatic nitrogens is 1. The normalized spacial score (nSPS) is 30.5. The van der Waals surface area contributed by atoms with Gasteiger partial charge >= 0.3 is 5.97 Å². The lowest BCUT2D eigenvalue weighted by molar-refractivity contribution is -0.149. The highest BCUT2D eigenvalue weighted by atomic mass is 16.4. The summed E-state index contributed by atoms with van der Waals surface area (Å²) in [6, 6.07) is 2.23. The lowest BCUT2D eigenvalue weighted by atomic mass is 9.82. The van der Waals surface area contributed by atoms with Crippen LogP contribution in [0.4, 0.5) is 0 Å². The molecule has 0 radical (unpaired) electrons. The molecule has 0 spiro atoms. The van der Waals surface area contributed by atoms with Crippen molar-refractivity contribution in [3.8, 4) is 0 Å². The topological polar surface area (TPSA) is 53.4 Å². The number of hydrogen-bond acceptors (Lipinski definition) is 3. The number of nitrogens with zero attached hydrogens (tertiary/aromatic N) is 2. The van der Waals surface area contributed by atoms with Crippen LogP contribution < -0.4 is 0 Å². The third-order valence-corrected chi connectivity index (χ3v) is 4.97. The Hall–Kier alpha value is -1.42. The summed E-state index contributed by atoms with van der Waals surface area (Å²) in [5.41, 5.74) is 1.98. The van der Waals surface area contributed by atoms with Gasteiger partial charge in [0.25, 0.3) is 0 Å². The first-order valence-corrected chi connectivity index (χ1v) is 7.00. The van der Waals surface area contributed by atoms with Crippen molar-refractivity contribution in [1.29, 1.82) is 0 Å². The standard InChI is InChI=1S/C15H20N2O2/c1-11-4-7-16-9-12(11)10-17-8-6-15(14(18)19)5-2-3-13(15)17/h4,7,9,13H,2-3,5-6,8,10H2,1H3,(H,18,19)/t13-,15+/m0/s1. The van der Waals surface area contributed by atoms with Gasteiger partial charge in [-0.1, -0.05) is 6.42 Å². The molecule has 19 heavy (non-hydrogen) atoms. The number of likely N-dealkylation sites (tertiary alicyclic amines) is 1. The Kier molecular flexibility index (Phi) is 3.05. The van der Waals surface area contributed by atoms with E-state index in [0.29, 0.717) is 0 Å². The molecule has 3 rings (SSSR count). The maximum atomic E-state index is 11.6. The number of carboxylic acids is 1. The summed E-state index contributed by atoms with van der Waals surface area (Å²) in [6.45, 7) is 3.82. The number of hydrogen-bond donors (Lipinski definition) is 1. The van der Waals surface area contributed by atoms with E-state index in [-0.39, 0.29) is 6.04 Å². The molecule has 1 aromatic heterocycles. The van der Waals surface area contributed by atoms with E-state index in [4.69, 9.17) is 0 Å². The van der Waals surface area contributed by atoms with Gasteiger partial charge in [0, 0.05) is 25.0 Å². The van der Waals surface area contributed by atoms with Crippen LogP contribution >= 0.6 is 0 Å². The minimum absolute atomic E-state index is 0.213. The predicted molar refractivity (Wildman–Crippen MR) is 71.7 cm³/mol. The second kappa shape index (κ2) is 4.60. The fourth-order valence-electron chi connectivity index (χ4n) is 3.80. The molecule has 1 aliphatic heterocycles. The van der Waals surface area contributed by atoms with Crippen molar-refractivity contribution >= 4 is 5.97 Å². The molecule has 1 saturated heterocycles. The summed E-state index contributed by atoms with van der Waals surface area (Å²) in [5, 5.41) is 9.57. The van der Waals surface area contributed by atoms with Crippen LogP contribution in [0.15, 0.2) is 18.5 Å². The zero-order valence-corrected chi connectivity index (χ0v) is 11.3. The molecule has 4 heteroatoms. The van der Waals surface area contributed by atoms with E-state index in [1.165, 1.54) is 11.1 Å². The second-order valence-electron chi connectivity index (χ2n) is 5.89. The van der Waals surface area contributed by atoms with Crippen LogP contribution in [0.5, 0.6) is 0 Å². The minimum Gasteiger partial charge on any atom is -0.481 e. The Bertz CT molecular complexity index is 503. The molecule has 102 valence electrons. The number of aliphatic carboxylic acids is 1. The predicted octanol–water partition coefficient (Wildman–Crippen LogP) is 2.22. The van der Waals surface area contributed by atoms with Crippen LogP contribution in [-0.4, -0.2) is 33.5 Å². The van der Waals surface area contributed by atoms with Gasteiger partial charge in [0.1, 0.15) is 0 Å². The summed E-state index contributed by atoms with van der Waals surface area (Å²) in [5.74, 6) is -0.597. The zero-order chi connectivity index (χ0) is 13.5. The Balaban J connectivity index is 1.81. The number of carbonyl (C=O) groups is 1. The average molecular weight is 260 g/mol. The quantitative estimate of drug-likeness (QED) is 0.905. The first kappa shape index (κ1) is 12.6. The molecule has 0 unspecified atom stereocenters. The molecule has 0 amide bonds. The highest BCUT2D eigenvalue weighted by Gasteiger charge is 2.55. The van der Waals surface area contributed by atoms with E-state index in [0.717, 1.165) is 38.8 Å². The SMILES string of the molecule is Cc1ccncc1CN1CC[C@]2(C(=O)O)CCC[C@H]12. The third-order valence-electron chi connectivity index (χ3n) is 4.97. The van der Waals surface area contributed by atoms with Gasteiger partial charge in [-0.25, -0.2) is 0 Å². The van der Waals surface area contributed by atoms with Crippen LogP contribution in [0, 0.1) is 12.3 Å². The highest BCUT2D eigenvalue weighted by molar-refractivity contribution is 5.76. The maximum Gasteiger partial charge on any atom is 0.311 e. The molecule has 2 aliphatic rings. The summed E-state index contributed by atoms with van der Waals surface area (Å²) < 4.78 is 0. The molecular formula is C15H20N2O2. The van der Waals surface area contributed by atoms with Gasteiger partial charge in [-0.3, -0.25) is 14.7 Å². The first-order chi connectivity index (χ1) is 9.13. The molecule has 2 fully saturated rings. The van der Waals surface area contributed by atoms with Crippen molar-refractivity contribution in [2.24, 2.45) is 5.41 Å². The van der Waals surface area contributed by atoms with E-state index in [1.807, 2.05) is 12.3 Å². The van der Waals surface area contributed by atoms with Crippen molar-refractivity contribution in [2.45, 2.75) is 45.2 Å². The summed E-state index contributed by atoms with van der Waals surface area (Å²) in [6.07, 6.45) is 7.41. The maximum absolute atomic E-state index is 11.6. The lowest BCUT2D eigenvalue weighted by Gasteiger charge is -2.29. The molecule has 2 atom stereocenters. The Morgan fingerprint density at radius 2 is 2.42 bits per heavy atom. The summed E-state index contributed by atoms with van der Waals surface area (Å²) in [7, 11) is 0. The van der Waals surface area contributed by atoms with E-state index in [1.54, 1.807) is 6.20 Å². The third kappa shape index (κ3) is 1.94. The molecule has 1 aromatic rings. The summed E-state index contributed by atoms with van der Waals surface area (Å²) in [4.78, 5) is 18.2. The smallest absolute Gasteiger partial charge is 0.311 e. The second-order valence-corrected chi connectivity index (χ2v) is 5.89. The summed E-state index contributed by atoms with van der Waals surface area (Å²) >= 11 is 0. The van der Waals surface area contributed by atoms with Gasteiger partial charge in [-0.15, -0.1) is 0 Å².